The normalized spacial score (nSPS) is 12.3. The molecule has 0 saturated carbocycles. The molecule has 0 radical (unpaired) electrons. The van der Waals surface area contributed by atoms with Crippen molar-refractivity contribution in [2.45, 2.75) is 19.0 Å². The lowest BCUT2D eigenvalue weighted by Gasteiger charge is -2.15. The summed E-state index contributed by atoms with van der Waals surface area (Å²) in [6.45, 7) is 0.691. The Balaban J connectivity index is 1.99. The van der Waals surface area contributed by atoms with E-state index in [1.165, 1.54) is 7.11 Å². The Kier molecular flexibility index (Phi) is 5.39. The first-order chi connectivity index (χ1) is 9.19. The third-order valence-electron chi connectivity index (χ3n) is 2.64. The molecule has 0 spiro atoms. The van der Waals surface area contributed by atoms with Gasteiger partial charge in [-0.1, -0.05) is 17.7 Å². The van der Waals surface area contributed by atoms with Gasteiger partial charge in [0.05, 0.1) is 23.9 Å². The van der Waals surface area contributed by atoms with E-state index in [0.29, 0.717) is 13.0 Å². The lowest BCUT2D eigenvalue weighted by molar-refractivity contribution is -0.141. The zero-order valence-electron chi connectivity index (χ0n) is 10.4. The van der Waals surface area contributed by atoms with Crippen molar-refractivity contribution in [2.24, 2.45) is 0 Å². The van der Waals surface area contributed by atoms with Gasteiger partial charge < -0.3 is 10.1 Å². The standard InChI is InChI=1S/C13H14ClNO2S2/c1-17-13(16)7-10(11-3-2-6-18-11)15-8-9-4-5-12(14)19-9/h2-6,10,15H,7-8H2,1H3. The van der Waals surface area contributed by atoms with Crippen molar-refractivity contribution in [1.29, 1.82) is 0 Å². The number of halogens is 1. The van der Waals surface area contributed by atoms with E-state index in [1.807, 2.05) is 29.6 Å². The Morgan fingerprint density at radius 3 is 2.89 bits per heavy atom. The fourth-order valence-corrected chi connectivity index (χ4v) is 3.52. The molecular formula is C13H14ClNO2S2. The van der Waals surface area contributed by atoms with Crippen LogP contribution in [0.15, 0.2) is 29.6 Å². The number of thiophene rings is 2. The second kappa shape index (κ2) is 7.05. The second-order valence-corrected chi connectivity index (χ2v) is 6.71. The van der Waals surface area contributed by atoms with E-state index in [9.17, 15) is 4.79 Å². The van der Waals surface area contributed by atoms with E-state index >= 15 is 0 Å². The number of esters is 1. The number of hydrogen-bond donors (Lipinski definition) is 1. The van der Waals surface area contributed by atoms with Crippen molar-refractivity contribution >= 4 is 40.2 Å². The zero-order valence-corrected chi connectivity index (χ0v) is 12.8. The van der Waals surface area contributed by atoms with Crippen molar-refractivity contribution in [1.82, 2.24) is 5.32 Å². The first kappa shape index (κ1) is 14.5. The maximum Gasteiger partial charge on any atom is 0.307 e. The molecule has 0 saturated heterocycles. The zero-order chi connectivity index (χ0) is 13.7. The molecule has 0 aliphatic heterocycles. The van der Waals surface area contributed by atoms with Crippen LogP contribution in [-0.2, 0) is 16.1 Å². The number of hydrogen-bond acceptors (Lipinski definition) is 5. The van der Waals surface area contributed by atoms with Crippen molar-refractivity contribution in [2.75, 3.05) is 7.11 Å². The highest BCUT2D eigenvalue weighted by atomic mass is 35.5. The summed E-state index contributed by atoms with van der Waals surface area (Å²) in [4.78, 5) is 13.7. The topological polar surface area (TPSA) is 38.3 Å². The minimum atomic E-state index is -0.213. The fraction of sp³-hybridized carbons (Fsp3) is 0.308. The molecule has 3 nitrogen and oxygen atoms in total. The maximum absolute atomic E-state index is 11.5. The molecule has 1 atom stereocenters. The molecule has 19 heavy (non-hydrogen) atoms. The van der Waals surface area contributed by atoms with Crippen LogP contribution in [0.4, 0.5) is 0 Å². The maximum atomic E-state index is 11.5. The van der Waals surface area contributed by atoms with Gasteiger partial charge in [-0.25, -0.2) is 0 Å². The SMILES string of the molecule is COC(=O)CC(NCc1ccc(Cl)s1)c1cccs1. The van der Waals surface area contributed by atoms with Gasteiger partial charge in [0.15, 0.2) is 0 Å². The van der Waals surface area contributed by atoms with E-state index in [0.717, 1.165) is 14.1 Å². The van der Waals surface area contributed by atoms with Crippen LogP contribution >= 0.6 is 34.3 Å². The van der Waals surface area contributed by atoms with Gasteiger partial charge in [0, 0.05) is 16.3 Å². The Bertz CT molecular complexity index is 524. The minimum Gasteiger partial charge on any atom is -0.469 e. The number of ether oxygens (including phenoxy) is 1. The van der Waals surface area contributed by atoms with Crippen LogP contribution in [0, 0.1) is 0 Å². The summed E-state index contributed by atoms with van der Waals surface area (Å²) in [6.07, 6.45) is 0.329. The van der Waals surface area contributed by atoms with Gasteiger partial charge in [-0.15, -0.1) is 22.7 Å². The Hall–Kier alpha value is -0.880. The van der Waals surface area contributed by atoms with Gasteiger partial charge in [-0.05, 0) is 23.6 Å². The third kappa shape index (κ3) is 4.31. The van der Waals surface area contributed by atoms with Crippen molar-refractivity contribution in [3.8, 4) is 0 Å². The molecular weight excluding hydrogens is 302 g/mol. The summed E-state index contributed by atoms with van der Waals surface area (Å²) in [5.41, 5.74) is 0. The van der Waals surface area contributed by atoms with Crippen LogP contribution < -0.4 is 5.32 Å². The smallest absolute Gasteiger partial charge is 0.307 e. The van der Waals surface area contributed by atoms with Gasteiger partial charge in [0.25, 0.3) is 0 Å². The monoisotopic (exact) mass is 315 g/mol. The van der Waals surface area contributed by atoms with Gasteiger partial charge in [-0.2, -0.15) is 0 Å². The van der Waals surface area contributed by atoms with Crippen molar-refractivity contribution < 1.29 is 9.53 Å². The lowest BCUT2D eigenvalue weighted by Crippen LogP contribution is -2.23. The van der Waals surface area contributed by atoms with Gasteiger partial charge in [0.1, 0.15) is 0 Å². The molecule has 1 unspecified atom stereocenters. The molecule has 1 N–H and O–H groups in total. The summed E-state index contributed by atoms with van der Waals surface area (Å²) < 4.78 is 5.52. The van der Waals surface area contributed by atoms with Gasteiger partial charge in [0.2, 0.25) is 0 Å². The number of carbonyl (C=O) groups excluding carboxylic acids is 1. The largest absolute Gasteiger partial charge is 0.469 e. The highest BCUT2D eigenvalue weighted by molar-refractivity contribution is 7.16. The van der Waals surface area contributed by atoms with Crippen LogP contribution in [0.5, 0.6) is 0 Å². The molecule has 0 fully saturated rings. The minimum absolute atomic E-state index is 0.0201. The summed E-state index contributed by atoms with van der Waals surface area (Å²) in [6, 6.07) is 7.85. The average molecular weight is 316 g/mol. The summed E-state index contributed by atoms with van der Waals surface area (Å²) in [5.74, 6) is -0.213. The van der Waals surface area contributed by atoms with Crippen LogP contribution in [0.3, 0.4) is 0 Å². The van der Waals surface area contributed by atoms with Gasteiger partial charge in [-0.3, -0.25) is 4.79 Å². The Labute approximate surface area is 125 Å². The molecule has 6 heteroatoms. The predicted molar refractivity (Wildman–Crippen MR) is 79.9 cm³/mol. The highest BCUT2D eigenvalue weighted by Gasteiger charge is 2.17. The Morgan fingerprint density at radius 1 is 1.47 bits per heavy atom. The molecule has 2 heterocycles. The van der Waals surface area contributed by atoms with Crippen LogP contribution in [0.25, 0.3) is 0 Å². The van der Waals surface area contributed by atoms with Crippen LogP contribution in [-0.4, -0.2) is 13.1 Å². The number of carbonyl (C=O) groups is 1. The number of nitrogens with one attached hydrogen (secondary N) is 1. The summed E-state index contributed by atoms with van der Waals surface area (Å²) in [7, 11) is 1.41. The van der Waals surface area contributed by atoms with E-state index in [2.05, 4.69) is 5.32 Å². The quantitative estimate of drug-likeness (QED) is 0.823. The molecule has 0 bridgehead atoms. The molecule has 0 aliphatic carbocycles. The molecule has 2 rings (SSSR count). The molecule has 2 aromatic rings. The van der Waals surface area contributed by atoms with E-state index in [-0.39, 0.29) is 12.0 Å². The third-order valence-corrected chi connectivity index (χ3v) is 4.85. The molecule has 2 aromatic heterocycles. The van der Waals surface area contributed by atoms with E-state index in [4.69, 9.17) is 16.3 Å². The average Bonchev–Trinajstić information content (AvgIpc) is 3.05. The Morgan fingerprint density at radius 2 is 2.32 bits per heavy atom. The van der Waals surface area contributed by atoms with E-state index in [1.54, 1.807) is 22.7 Å². The second-order valence-electron chi connectivity index (χ2n) is 3.93. The first-order valence-electron chi connectivity index (χ1n) is 5.77. The first-order valence-corrected chi connectivity index (χ1v) is 7.84. The van der Waals surface area contributed by atoms with Crippen LogP contribution in [0.2, 0.25) is 4.34 Å². The van der Waals surface area contributed by atoms with E-state index < -0.39 is 0 Å². The molecule has 102 valence electrons. The highest BCUT2D eigenvalue weighted by Crippen LogP contribution is 2.25. The number of rotatable bonds is 6. The summed E-state index contributed by atoms with van der Waals surface area (Å²) in [5, 5.41) is 5.38. The van der Waals surface area contributed by atoms with Gasteiger partial charge >= 0.3 is 5.97 Å². The van der Waals surface area contributed by atoms with Crippen LogP contribution in [0.1, 0.15) is 22.2 Å². The molecule has 0 amide bonds. The molecule has 0 aliphatic rings. The number of methoxy groups -OCH3 is 1. The van der Waals surface area contributed by atoms with Crippen molar-refractivity contribution in [3.63, 3.8) is 0 Å². The van der Waals surface area contributed by atoms with Crippen molar-refractivity contribution in [3.05, 3.63) is 43.7 Å². The predicted octanol–water partition coefficient (Wildman–Crippen LogP) is 3.86. The molecule has 0 aromatic carbocycles. The summed E-state index contributed by atoms with van der Waals surface area (Å²) >= 11 is 9.07. The lowest BCUT2D eigenvalue weighted by atomic mass is 10.1. The fourth-order valence-electron chi connectivity index (χ4n) is 1.68.